The molecule has 2 saturated heterocycles. The number of carbonyl (C=O) groups excluding carboxylic acids is 2. The predicted octanol–water partition coefficient (Wildman–Crippen LogP) is 5.31. The lowest BCUT2D eigenvalue weighted by Gasteiger charge is -2.26. The summed E-state index contributed by atoms with van der Waals surface area (Å²) in [5.41, 5.74) is 0.953. The highest BCUT2D eigenvalue weighted by atomic mass is 19.1. The van der Waals surface area contributed by atoms with Crippen molar-refractivity contribution in [1.82, 2.24) is 15.6 Å². The molecule has 4 atom stereocenters. The Morgan fingerprint density at radius 1 is 1.07 bits per heavy atom. The number of hydrogen-bond acceptors (Lipinski definition) is 6. The van der Waals surface area contributed by atoms with E-state index in [-0.39, 0.29) is 54.0 Å². The number of carbonyl (C=O) groups is 2. The average Bonchev–Trinajstić information content (AvgIpc) is 3.70. The molecule has 2 N–H and O–H groups in total. The SMILES string of the molecule is CCNC(=O)COc1ccc(F)cc1CC1C2CCC(O2)C1c1nc(C(=O)NCCCCC2CCCCC2)co1. The van der Waals surface area contributed by atoms with Crippen LogP contribution in [0.3, 0.4) is 0 Å². The third-order valence-electron chi connectivity index (χ3n) is 8.72. The molecule has 9 heteroatoms. The van der Waals surface area contributed by atoms with E-state index in [0.717, 1.165) is 31.6 Å². The molecule has 1 aromatic carbocycles. The number of nitrogens with one attached hydrogen (secondary N) is 2. The van der Waals surface area contributed by atoms with Crippen molar-refractivity contribution in [2.75, 3.05) is 19.7 Å². The number of oxazole rings is 1. The van der Waals surface area contributed by atoms with Gasteiger partial charge < -0.3 is 24.5 Å². The minimum absolute atomic E-state index is 0.0113. The topological polar surface area (TPSA) is 103 Å². The Hall–Kier alpha value is -2.94. The summed E-state index contributed by atoms with van der Waals surface area (Å²) < 4.78 is 32.1. The lowest BCUT2D eigenvalue weighted by Crippen LogP contribution is -2.29. The van der Waals surface area contributed by atoms with Gasteiger partial charge in [0.1, 0.15) is 17.8 Å². The molecule has 0 spiro atoms. The van der Waals surface area contributed by atoms with Crippen molar-refractivity contribution in [2.45, 2.75) is 95.7 Å². The van der Waals surface area contributed by atoms with Gasteiger partial charge in [-0.2, -0.15) is 0 Å². The number of aromatic nitrogens is 1. The van der Waals surface area contributed by atoms with Crippen LogP contribution in [-0.4, -0.2) is 48.7 Å². The quantitative estimate of drug-likeness (QED) is 0.325. The summed E-state index contributed by atoms with van der Waals surface area (Å²) in [7, 11) is 0. The van der Waals surface area contributed by atoms with Gasteiger partial charge in [0.2, 0.25) is 5.89 Å². The standard InChI is InChI=1S/C31H42FN3O5/c1-2-33-28(36)19-38-25-12-11-22(32)16-21(25)17-23-26-13-14-27(40-26)29(23)31-35-24(18-39-31)30(37)34-15-7-6-10-20-8-4-3-5-9-20/h11-12,16,18,20,23,26-27,29H,2-10,13-15,17,19H2,1H3,(H,33,36)(H,34,37). The predicted molar refractivity (Wildman–Crippen MR) is 148 cm³/mol. The highest BCUT2D eigenvalue weighted by Crippen LogP contribution is 2.50. The number of hydrogen-bond donors (Lipinski definition) is 2. The van der Waals surface area contributed by atoms with Crippen molar-refractivity contribution in [3.63, 3.8) is 0 Å². The first kappa shape index (κ1) is 28.6. The average molecular weight is 556 g/mol. The number of rotatable bonds is 13. The Morgan fingerprint density at radius 3 is 2.73 bits per heavy atom. The van der Waals surface area contributed by atoms with Crippen LogP contribution in [0.25, 0.3) is 0 Å². The minimum atomic E-state index is -0.366. The smallest absolute Gasteiger partial charge is 0.273 e. The minimum Gasteiger partial charge on any atom is -0.483 e. The first-order chi connectivity index (χ1) is 19.5. The maximum absolute atomic E-state index is 14.2. The molecule has 2 aromatic rings. The second-order valence-electron chi connectivity index (χ2n) is 11.5. The molecule has 2 amide bonds. The Balaban J connectivity index is 1.19. The third kappa shape index (κ3) is 7.03. The maximum Gasteiger partial charge on any atom is 0.273 e. The summed E-state index contributed by atoms with van der Waals surface area (Å²) in [6, 6.07) is 4.36. The summed E-state index contributed by atoms with van der Waals surface area (Å²) in [6.45, 7) is 2.85. The fourth-order valence-corrected chi connectivity index (χ4v) is 6.74. The molecule has 0 radical (unpaired) electrons. The number of unbranched alkanes of at least 4 members (excludes halogenated alkanes) is 1. The highest BCUT2D eigenvalue weighted by molar-refractivity contribution is 5.91. The number of amides is 2. The van der Waals surface area contributed by atoms with E-state index in [4.69, 9.17) is 13.9 Å². The van der Waals surface area contributed by atoms with E-state index in [0.29, 0.717) is 36.7 Å². The third-order valence-corrected chi connectivity index (χ3v) is 8.72. The molecule has 4 unspecified atom stereocenters. The van der Waals surface area contributed by atoms with Gasteiger partial charge in [-0.3, -0.25) is 9.59 Å². The highest BCUT2D eigenvalue weighted by Gasteiger charge is 2.51. The van der Waals surface area contributed by atoms with Crippen LogP contribution in [0.4, 0.5) is 4.39 Å². The molecule has 8 nitrogen and oxygen atoms in total. The summed E-state index contributed by atoms with van der Waals surface area (Å²) in [5.74, 6) is 0.848. The maximum atomic E-state index is 14.2. The van der Waals surface area contributed by atoms with Crippen LogP contribution in [0.5, 0.6) is 5.75 Å². The summed E-state index contributed by atoms with van der Waals surface area (Å²) in [5, 5.41) is 5.69. The van der Waals surface area contributed by atoms with E-state index in [1.165, 1.54) is 56.9 Å². The van der Waals surface area contributed by atoms with E-state index >= 15 is 0 Å². The molecular weight excluding hydrogens is 513 g/mol. The second kappa shape index (κ2) is 13.6. The van der Waals surface area contributed by atoms with E-state index in [1.54, 1.807) is 6.07 Å². The molecule has 40 heavy (non-hydrogen) atoms. The molecule has 3 aliphatic rings. The molecule has 5 rings (SSSR count). The van der Waals surface area contributed by atoms with Crippen LogP contribution >= 0.6 is 0 Å². The Labute approximate surface area is 235 Å². The normalized spacial score (nSPS) is 24.2. The molecule has 2 bridgehead atoms. The number of nitrogens with zero attached hydrogens (tertiary/aromatic N) is 1. The summed E-state index contributed by atoms with van der Waals surface area (Å²) in [4.78, 5) is 29.3. The monoisotopic (exact) mass is 555 g/mol. The molecule has 3 heterocycles. The Kier molecular flexibility index (Phi) is 9.73. The van der Waals surface area contributed by atoms with Crippen LogP contribution in [-0.2, 0) is 16.0 Å². The molecule has 218 valence electrons. The van der Waals surface area contributed by atoms with Gasteiger partial charge in [0.25, 0.3) is 11.8 Å². The van der Waals surface area contributed by atoms with Gasteiger partial charge in [-0.15, -0.1) is 0 Å². The van der Waals surface area contributed by atoms with Crippen molar-refractivity contribution in [1.29, 1.82) is 0 Å². The van der Waals surface area contributed by atoms with Gasteiger partial charge in [-0.25, -0.2) is 9.37 Å². The van der Waals surface area contributed by atoms with Crippen molar-refractivity contribution >= 4 is 11.8 Å². The van der Waals surface area contributed by atoms with Gasteiger partial charge in [0.05, 0.1) is 18.1 Å². The zero-order valence-electron chi connectivity index (χ0n) is 23.5. The van der Waals surface area contributed by atoms with Crippen molar-refractivity contribution in [3.8, 4) is 5.75 Å². The molecule has 2 aliphatic heterocycles. The van der Waals surface area contributed by atoms with E-state index in [2.05, 4.69) is 15.6 Å². The number of fused-ring (bicyclic) bond motifs is 2. The molecule has 1 aromatic heterocycles. The number of halogens is 1. The summed E-state index contributed by atoms with van der Waals surface area (Å²) in [6.07, 6.45) is 13.8. The molecule has 1 saturated carbocycles. The van der Waals surface area contributed by atoms with Crippen LogP contribution in [0, 0.1) is 17.7 Å². The number of likely N-dealkylation sites (N-methyl/N-ethyl adjacent to an activating group) is 1. The first-order valence-electron chi connectivity index (χ1n) is 15.1. The van der Waals surface area contributed by atoms with Crippen LogP contribution in [0.2, 0.25) is 0 Å². The van der Waals surface area contributed by atoms with Crippen LogP contribution in [0.15, 0.2) is 28.9 Å². The fourth-order valence-electron chi connectivity index (χ4n) is 6.74. The largest absolute Gasteiger partial charge is 0.483 e. The Bertz CT molecular complexity index is 1150. The fraction of sp³-hybridized carbons (Fsp3) is 0.645. The van der Waals surface area contributed by atoms with E-state index in [9.17, 15) is 14.0 Å². The van der Waals surface area contributed by atoms with Gasteiger partial charge >= 0.3 is 0 Å². The van der Waals surface area contributed by atoms with Gasteiger partial charge in [0, 0.05) is 19.0 Å². The van der Waals surface area contributed by atoms with E-state index in [1.807, 2.05) is 6.92 Å². The van der Waals surface area contributed by atoms with Crippen molar-refractivity contribution < 1.29 is 27.9 Å². The zero-order chi connectivity index (χ0) is 27.9. The van der Waals surface area contributed by atoms with Crippen molar-refractivity contribution in [2.24, 2.45) is 11.8 Å². The van der Waals surface area contributed by atoms with Crippen LogP contribution < -0.4 is 15.4 Å². The lowest BCUT2D eigenvalue weighted by atomic mass is 9.76. The Morgan fingerprint density at radius 2 is 1.90 bits per heavy atom. The summed E-state index contributed by atoms with van der Waals surface area (Å²) >= 11 is 0. The van der Waals surface area contributed by atoms with Gasteiger partial charge in [-0.1, -0.05) is 44.9 Å². The number of benzene rings is 1. The molecular formula is C31H42FN3O5. The van der Waals surface area contributed by atoms with E-state index < -0.39 is 0 Å². The first-order valence-corrected chi connectivity index (χ1v) is 15.1. The molecule has 1 aliphatic carbocycles. The molecule has 3 fully saturated rings. The number of ether oxygens (including phenoxy) is 2. The van der Waals surface area contributed by atoms with Crippen molar-refractivity contribution in [3.05, 3.63) is 47.4 Å². The zero-order valence-corrected chi connectivity index (χ0v) is 23.5. The lowest BCUT2D eigenvalue weighted by molar-refractivity contribution is -0.123. The van der Waals surface area contributed by atoms with Gasteiger partial charge in [-0.05, 0) is 62.3 Å². The van der Waals surface area contributed by atoms with Crippen LogP contribution in [0.1, 0.15) is 99.0 Å². The second-order valence-corrected chi connectivity index (χ2v) is 11.5. The van der Waals surface area contributed by atoms with Gasteiger partial charge in [0.15, 0.2) is 12.3 Å².